The molecule has 0 saturated carbocycles. The number of aliphatic imine (C=N–C) groups is 1. The first-order chi connectivity index (χ1) is 13.4. The number of piperazine rings is 1. The Labute approximate surface area is 176 Å². The summed E-state index contributed by atoms with van der Waals surface area (Å²) in [6.45, 7) is 12.4. The summed E-state index contributed by atoms with van der Waals surface area (Å²) >= 11 is 6.11. The molecule has 0 radical (unpaired) electrons. The highest BCUT2D eigenvalue weighted by Crippen LogP contribution is 2.22. The Morgan fingerprint density at radius 2 is 1.89 bits per heavy atom. The van der Waals surface area contributed by atoms with Crippen molar-refractivity contribution in [2.45, 2.75) is 33.1 Å². The third kappa shape index (κ3) is 8.80. The van der Waals surface area contributed by atoms with E-state index in [4.69, 9.17) is 11.6 Å². The van der Waals surface area contributed by atoms with Gasteiger partial charge >= 0.3 is 0 Å². The lowest BCUT2D eigenvalue weighted by molar-refractivity contribution is 0.152. The van der Waals surface area contributed by atoms with E-state index in [1.807, 2.05) is 19.2 Å². The fourth-order valence-electron chi connectivity index (χ4n) is 3.54. The lowest BCUT2D eigenvalue weighted by Gasteiger charge is -2.32. The molecule has 0 atom stereocenters. The van der Waals surface area contributed by atoms with Gasteiger partial charge in [-0.15, -0.1) is 0 Å². The van der Waals surface area contributed by atoms with Crippen LogP contribution < -0.4 is 10.6 Å². The fourth-order valence-corrected chi connectivity index (χ4v) is 3.76. The Hall–Kier alpha value is -1.30. The average Bonchev–Trinajstić information content (AvgIpc) is 2.65. The molecule has 1 aromatic carbocycles. The summed E-state index contributed by atoms with van der Waals surface area (Å²) < 4.78 is 0. The highest BCUT2D eigenvalue weighted by Gasteiger charge is 2.19. The molecule has 1 heterocycles. The van der Waals surface area contributed by atoms with Crippen molar-refractivity contribution < 1.29 is 0 Å². The maximum Gasteiger partial charge on any atom is 0.190 e. The first-order valence-corrected chi connectivity index (χ1v) is 10.9. The molecule has 5 nitrogen and oxygen atoms in total. The third-order valence-corrected chi connectivity index (χ3v) is 5.55. The molecule has 2 rings (SSSR count). The normalized spacial score (nSPS) is 17.0. The first kappa shape index (κ1) is 23.0. The Kier molecular flexibility index (Phi) is 9.56. The third-order valence-electron chi connectivity index (χ3n) is 5.32. The van der Waals surface area contributed by atoms with Crippen molar-refractivity contribution in [3.05, 3.63) is 34.9 Å². The molecule has 1 saturated heterocycles. The second kappa shape index (κ2) is 11.6. The number of unbranched alkanes of at least 4 members (excludes halogenated alkanes) is 1. The number of rotatable bonds is 9. The van der Waals surface area contributed by atoms with Gasteiger partial charge in [0, 0.05) is 51.3 Å². The van der Waals surface area contributed by atoms with Crippen LogP contribution >= 0.6 is 11.6 Å². The summed E-state index contributed by atoms with van der Waals surface area (Å²) in [6, 6.07) is 8.13. The monoisotopic (exact) mass is 407 g/mol. The number of nitrogens with one attached hydrogen (secondary N) is 2. The van der Waals surface area contributed by atoms with Crippen molar-refractivity contribution in [1.29, 1.82) is 0 Å². The van der Waals surface area contributed by atoms with Crippen molar-refractivity contribution in [2.24, 2.45) is 10.4 Å². The highest BCUT2D eigenvalue weighted by atomic mass is 35.5. The predicted molar refractivity (Wildman–Crippen MR) is 121 cm³/mol. The SMILES string of the molecule is CN=C(NCCCCN1CCN(C)CC1)NCC(C)(C)Cc1cccc(Cl)c1. The number of benzene rings is 1. The maximum atomic E-state index is 6.11. The number of hydrogen-bond donors (Lipinski definition) is 2. The molecular weight excluding hydrogens is 370 g/mol. The van der Waals surface area contributed by atoms with Gasteiger partial charge in [0.1, 0.15) is 0 Å². The number of guanidine groups is 1. The zero-order valence-corrected chi connectivity index (χ0v) is 18.9. The van der Waals surface area contributed by atoms with E-state index in [1.54, 1.807) is 0 Å². The zero-order chi connectivity index (χ0) is 20.4. The van der Waals surface area contributed by atoms with Crippen molar-refractivity contribution in [3.8, 4) is 0 Å². The Bertz CT molecular complexity index is 609. The first-order valence-electron chi connectivity index (χ1n) is 10.5. The van der Waals surface area contributed by atoms with Gasteiger partial charge in [0.05, 0.1) is 0 Å². The second-order valence-corrected chi connectivity index (χ2v) is 9.11. The van der Waals surface area contributed by atoms with E-state index in [2.05, 4.69) is 58.5 Å². The van der Waals surface area contributed by atoms with Crippen LogP contribution in [-0.2, 0) is 6.42 Å². The Morgan fingerprint density at radius 3 is 2.57 bits per heavy atom. The van der Waals surface area contributed by atoms with Crippen LogP contribution in [0.1, 0.15) is 32.3 Å². The van der Waals surface area contributed by atoms with E-state index < -0.39 is 0 Å². The van der Waals surface area contributed by atoms with Gasteiger partial charge in [-0.05, 0) is 56.0 Å². The van der Waals surface area contributed by atoms with E-state index >= 15 is 0 Å². The summed E-state index contributed by atoms with van der Waals surface area (Å²) in [5.41, 5.74) is 1.38. The van der Waals surface area contributed by atoms with Crippen LogP contribution in [0.4, 0.5) is 0 Å². The lowest BCUT2D eigenvalue weighted by Crippen LogP contribution is -2.45. The van der Waals surface area contributed by atoms with E-state index in [-0.39, 0.29) is 5.41 Å². The van der Waals surface area contributed by atoms with Gasteiger partial charge in [0.25, 0.3) is 0 Å². The topological polar surface area (TPSA) is 42.9 Å². The molecule has 1 aliphatic heterocycles. The number of halogens is 1. The molecule has 6 heteroatoms. The molecule has 2 N–H and O–H groups in total. The lowest BCUT2D eigenvalue weighted by atomic mass is 9.86. The molecule has 0 bridgehead atoms. The van der Waals surface area contributed by atoms with E-state index in [9.17, 15) is 0 Å². The van der Waals surface area contributed by atoms with Gasteiger partial charge < -0.3 is 20.4 Å². The van der Waals surface area contributed by atoms with Crippen LogP contribution in [0.3, 0.4) is 0 Å². The van der Waals surface area contributed by atoms with Crippen molar-refractivity contribution >= 4 is 17.6 Å². The molecule has 0 aliphatic carbocycles. The van der Waals surface area contributed by atoms with E-state index in [1.165, 1.54) is 51.1 Å². The van der Waals surface area contributed by atoms with Gasteiger partial charge in [0.2, 0.25) is 0 Å². The Morgan fingerprint density at radius 1 is 1.14 bits per heavy atom. The molecule has 1 aromatic rings. The zero-order valence-electron chi connectivity index (χ0n) is 18.1. The summed E-state index contributed by atoms with van der Waals surface area (Å²) in [7, 11) is 4.04. The minimum atomic E-state index is 0.115. The highest BCUT2D eigenvalue weighted by molar-refractivity contribution is 6.30. The van der Waals surface area contributed by atoms with Crippen LogP contribution in [0.15, 0.2) is 29.3 Å². The van der Waals surface area contributed by atoms with Crippen molar-refractivity contribution in [1.82, 2.24) is 20.4 Å². The minimum Gasteiger partial charge on any atom is -0.356 e. The molecule has 1 aliphatic rings. The molecule has 0 amide bonds. The maximum absolute atomic E-state index is 6.11. The van der Waals surface area contributed by atoms with Crippen molar-refractivity contribution in [2.75, 3.05) is 59.9 Å². The van der Waals surface area contributed by atoms with Crippen LogP contribution in [0.25, 0.3) is 0 Å². The number of hydrogen-bond acceptors (Lipinski definition) is 3. The van der Waals surface area contributed by atoms with Gasteiger partial charge in [0.15, 0.2) is 5.96 Å². The predicted octanol–water partition coefficient (Wildman–Crippen LogP) is 3.10. The van der Waals surface area contributed by atoms with Gasteiger partial charge in [-0.25, -0.2) is 0 Å². The van der Waals surface area contributed by atoms with E-state index in [0.29, 0.717) is 0 Å². The van der Waals surface area contributed by atoms with Gasteiger partial charge in [-0.2, -0.15) is 0 Å². The molecular formula is C22H38ClN5. The largest absolute Gasteiger partial charge is 0.356 e. The molecule has 158 valence electrons. The van der Waals surface area contributed by atoms with Gasteiger partial charge in [-0.1, -0.05) is 37.6 Å². The van der Waals surface area contributed by atoms with Crippen LogP contribution in [-0.4, -0.2) is 75.7 Å². The number of nitrogens with zero attached hydrogens (tertiary/aromatic N) is 3. The second-order valence-electron chi connectivity index (χ2n) is 8.68. The average molecular weight is 408 g/mol. The minimum absolute atomic E-state index is 0.115. The summed E-state index contributed by atoms with van der Waals surface area (Å²) in [4.78, 5) is 9.34. The van der Waals surface area contributed by atoms with Crippen molar-refractivity contribution in [3.63, 3.8) is 0 Å². The van der Waals surface area contributed by atoms with Gasteiger partial charge in [-0.3, -0.25) is 4.99 Å². The van der Waals surface area contributed by atoms with Crippen LogP contribution in [0, 0.1) is 5.41 Å². The number of likely N-dealkylation sites (N-methyl/N-ethyl adjacent to an activating group) is 1. The standard InChI is InChI=1S/C22H38ClN5/c1-22(2,17-19-8-7-9-20(23)16-19)18-26-21(24-3)25-10-5-6-11-28-14-12-27(4)13-15-28/h7-9,16H,5-6,10-15,17-18H2,1-4H3,(H2,24,25,26). The van der Waals surface area contributed by atoms with Crippen LogP contribution in [0.2, 0.25) is 5.02 Å². The van der Waals surface area contributed by atoms with Crippen LogP contribution in [0.5, 0.6) is 0 Å². The summed E-state index contributed by atoms with van der Waals surface area (Å²) in [5, 5.41) is 7.73. The Balaban J connectivity index is 1.62. The molecule has 0 spiro atoms. The molecule has 0 unspecified atom stereocenters. The summed E-state index contributed by atoms with van der Waals surface area (Å²) in [6.07, 6.45) is 3.37. The van der Waals surface area contributed by atoms with E-state index in [0.717, 1.165) is 30.5 Å². The molecule has 1 fully saturated rings. The fraction of sp³-hybridized carbons (Fsp3) is 0.682. The smallest absolute Gasteiger partial charge is 0.190 e. The molecule has 0 aromatic heterocycles. The quantitative estimate of drug-likeness (QED) is 0.375. The molecule has 28 heavy (non-hydrogen) atoms. The summed E-state index contributed by atoms with van der Waals surface area (Å²) in [5.74, 6) is 0.888.